The maximum Gasteiger partial charge on any atom is 0.256 e. The Hall–Kier alpha value is -2.14. The van der Waals surface area contributed by atoms with Gasteiger partial charge in [0.1, 0.15) is 0 Å². The highest BCUT2D eigenvalue weighted by Crippen LogP contribution is 2.21. The highest BCUT2D eigenvalue weighted by Gasteiger charge is 2.15. The predicted octanol–water partition coefficient (Wildman–Crippen LogP) is 4.48. The molecule has 0 atom stereocenters. The largest absolute Gasteiger partial charge is 0.305 e. The van der Waals surface area contributed by atoms with Crippen LogP contribution in [-0.4, -0.2) is 33.6 Å². The average Bonchev–Trinajstić information content (AvgIpc) is 2.97. The van der Waals surface area contributed by atoms with Crippen LogP contribution in [0.1, 0.15) is 63.2 Å². The molecule has 26 heavy (non-hydrogen) atoms. The Morgan fingerprint density at radius 2 is 1.88 bits per heavy atom. The van der Waals surface area contributed by atoms with Crippen LogP contribution in [0, 0.1) is 5.41 Å². The molecular formula is C21H32N4O. The molecule has 1 heterocycles. The van der Waals surface area contributed by atoms with Gasteiger partial charge in [0.05, 0.1) is 0 Å². The minimum atomic E-state index is -0.137. The monoisotopic (exact) mass is 356 g/mol. The maximum absolute atomic E-state index is 12.4. The SMILES string of the molecule is CCN(Cc1ccc(C(=O)Nc2cc(CC(C)(C)C)[nH]n2)cc1)C(C)C. The van der Waals surface area contributed by atoms with Gasteiger partial charge in [-0.15, -0.1) is 0 Å². The number of carbonyl (C=O) groups is 1. The zero-order valence-corrected chi connectivity index (χ0v) is 16.9. The van der Waals surface area contributed by atoms with Crippen LogP contribution in [0.3, 0.4) is 0 Å². The highest BCUT2D eigenvalue weighted by atomic mass is 16.1. The number of hydrogen-bond donors (Lipinski definition) is 2. The van der Waals surface area contributed by atoms with Gasteiger partial charge in [-0.1, -0.05) is 39.8 Å². The van der Waals surface area contributed by atoms with Gasteiger partial charge in [-0.2, -0.15) is 5.10 Å². The molecule has 0 aliphatic heterocycles. The van der Waals surface area contributed by atoms with E-state index >= 15 is 0 Å². The summed E-state index contributed by atoms with van der Waals surface area (Å²) in [7, 11) is 0. The van der Waals surface area contributed by atoms with Crippen LogP contribution in [0.25, 0.3) is 0 Å². The number of carbonyl (C=O) groups excluding carboxylic acids is 1. The van der Waals surface area contributed by atoms with Crippen LogP contribution in [0.4, 0.5) is 5.82 Å². The molecule has 0 fully saturated rings. The molecular weight excluding hydrogens is 324 g/mol. The molecule has 0 unspecified atom stereocenters. The second-order valence-electron chi connectivity index (χ2n) is 8.32. The normalized spacial score (nSPS) is 12.0. The van der Waals surface area contributed by atoms with E-state index in [2.05, 4.69) is 62.0 Å². The van der Waals surface area contributed by atoms with Crippen molar-refractivity contribution < 1.29 is 4.79 Å². The molecule has 1 aromatic heterocycles. The maximum atomic E-state index is 12.4. The zero-order chi connectivity index (χ0) is 19.3. The first-order chi connectivity index (χ1) is 12.2. The minimum Gasteiger partial charge on any atom is -0.305 e. The summed E-state index contributed by atoms with van der Waals surface area (Å²) in [5.41, 5.74) is 3.05. The van der Waals surface area contributed by atoms with Crippen molar-refractivity contribution in [3.8, 4) is 0 Å². The Morgan fingerprint density at radius 3 is 2.42 bits per heavy atom. The van der Waals surface area contributed by atoms with Crippen LogP contribution in [-0.2, 0) is 13.0 Å². The van der Waals surface area contributed by atoms with Gasteiger partial charge < -0.3 is 5.32 Å². The Morgan fingerprint density at radius 1 is 1.23 bits per heavy atom. The number of nitrogens with one attached hydrogen (secondary N) is 2. The molecule has 5 nitrogen and oxygen atoms in total. The number of benzene rings is 1. The van der Waals surface area contributed by atoms with E-state index in [4.69, 9.17) is 0 Å². The third-order valence-corrected chi connectivity index (χ3v) is 4.33. The summed E-state index contributed by atoms with van der Waals surface area (Å²) in [6.07, 6.45) is 0.883. The van der Waals surface area contributed by atoms with Crippen LogP contribution in [0.2, 0.25) is 0 Å². The van der Waals surface area contributed by atoms with E-state index in [1.165, 1.54) is 5.56 Å². The number of rotatable bonds is 7. The summed E-state index contributed by atoms with van der Waals surface area (Å²) in [6.45, 7) is 15.0. The predicted molar refractivity (Wildman–Crippen MR) is 107 cm³/mol. The molecule has 1 amide bonds. The summed E-state index contributed by atoms with van der Waals surface area (Å²) in [4.78, 5) is 14.8. The van der Waals surface area contributed by atoms with E-state index in [0.29, 0.717) is 17.4 Å². The lowest BCUT2D eigenvalue weighted by Crippen LogP contribution is -2.29. The summed E-state index contributed by atoms with van der Waals surface area (Å²) in [6, 6.07) is 10.2. The quantitative estimate of drug-likeness (QED) is 0.769. The van der Waals surface area contributed by atoms with Gasteiger partial charge in [0.2, 0.25) is 0 Å². The van der Waals surface area contributed by atoms with E-state index in [9.17, 15) is 4.79 Å². The molecule has 1 aromatic carbocycles. The van der Waals surface area contributed by atoms with Crippen molar-refractivity contribution in [2.24, 2.45) is 5.41 Å². The molecule has 0 spiro atoms. The van der Waals surface area contributed by atoms with Crippen LogP contribution in [0.15, 0.2) is 30.3 Å². The van der Waals surface area contributed by atoms with Gasteiger partial charge in [-0.3, -0.25) is 14.8 Å². The van der Waals surface area contributed by atoms with Gasteiger partial charge in [-0.05, 0) is 49.9 Å². The Kier molecular flexibility index (Phi) is 6.59. The number of aromatic amines is 1. The zero-order valence-electron chi connectivity index (χ0n) is 16.9. The highest BCUT2D eigenvalue weighted by molar-refractivity contribution is 6.03. The molecule has 142 valence electrons. The van der Waals surface area contributed by atoms with Gasteiger partial charge >= 0.3 is 0 Å². The third-order valence-electron chi connectivity index (χ3n) is 4.33. The standard InChI is InChI=1S/C21H32N4O/c1-7-25(15(2)3)14-16-8-10-17(11-9-16)20(26)22-19-12-18(23-24-19)13-21(4,5)6/h8-12,15H,7,13-14H2,1-6H3,(H2,22,23,24,26). The summed E-state index contributed by atoms with van der Waals surface area (Å²) < 4.78 is 0. The number of anilines is 1. The molecule has 0 aliphatic carbocycles. The van der Waals surface area contributed by atoms with Crippen molar-refractivity contribution >= 4 is 11.7 Å². The van der Waals surface area contributed by atoms with E-state index in [1.807, 2.05) is 30.3 Å². The summed E-state index contributed by atoms with van der Waals surface area (Å²) in [5, 5.41) is 10.0. The van der Waals surface area contributed by atoms with Crippen molar-refractivity contribution in [3.63, 3.8) is 0 Å². The van der Waals surface area contributed by atoms with Gasteiger partial charge in [-0.25, -0.2) is 0 Å². The van der Waals surface area contributed by atoms with E-state index in [-0.39, 0.29) is 11.3 Å². The molecule has 0 radical (unpaired) electrons. The Bertz CT molecular complexity index is 710. The van der Waals surface area contributed by atoms with Gasteiger partial charge in [0.25, 0.3) is 5.91 Å². The molecule has 2 N–H and O–H groups in total. The van der Waals surface area contributed by atoms with Crippen molar-refractivity contribution in [3.05, 3.63) is 47.2 Å². The fraction of sp³-hybridized carbons (Fsp3) is 0.524. The molecule has 0 saturated heterocycles. The smallest absolute Gasteiger partial charge is 0.256 e. The number of nitrogens with zero attached hydrogens (tertiary/aromatic N) is 2. The second-order valence-corrected chi connectivity index (χ2v) is 8.32. The molecule has 2 aromatic rings. The Balaban J connectivity index is 1.97. The first-order valence-corrected chi connectivity index (χ1v) is 9.36. The number of aromatic nitrogens is 2. The summed E-state index contributed by atoms with van der Waals surface area (Å²) >= 11 is 0. The van der Waals surface area contributed by atoms with Crippen molar-refractivity contribution in [1.82, 2.24) is 15.1 Å². The molecule has 0 bridgehead atoms. The van der Waals surface area contributed by atoms with Crippen molar-refractivity contribution in [1.29, 1.82) is 0 Å². The van der Waals surface area contributed by atoms with Crippen molar-refractivity contribution in [2.75, 3.05) is 11.9 Å². The topological polar surface area (TPSA) is 61.0 Å². The average molecular weight is 357 g/mol. The van der Waals surface area contributed by atoms with E-state index in [0.717, 1.165) is 25.2 Å². The second kappa shape index (κ2) is 8.49. The lowest BCUT2D eigenvalue weighted by molar-refractivity contribution is 0.102. The fourth-order valence-corrected chi connectivity index (χ4v) is 2.93. The third kappa shape index (κ3) is 5.99. The first kappa shape index (κ1) is 20.2. The lowest BCUT2D eigenvalue weighted by Gasteiger charge is -2.24. The molecule has 5 heteroatoms. The first-order valence-electron chi connectivity index (χ1n) is 9.36. The molecule has 2 rings (SSSR count). The van der Waals surface area contributed by atoms with E-state index < -0.39 is 0 Å². The van der Waals surface area contributed by atoms with E-state index in [1.54, 1.807) is 0 Å². The lowest BCUT2D eigenvalue weighted by atomic mass is 9.91. The number of hydrogen-bond acceptors (Lipinski definition) is 3. The number of amides is 1. The fourth-order valence-electron chi connectivity index (χ4n) is 2.93. The Labute approximate surface area is 157 Å². The van der Waals surface area contributed by atoms with Crippen LogP contribution < -0.4 is 5.32 Å². The number of H-pyrrole nitrogens is 1. The molecule has 0 saturated carbocycles. The van der Waals surface area contributed by atoms with Crippen LogP contribution >= 0.6 is 0 Å². The van der Waals surface area contributed by atoms with Crippen molar-refractivity contribution in [2.45, 2.75) is 60.5 Å². The van der Waals surface area contributed by atoms with Gasteiger partial charge in [0.15, 0.2) is 5.82 Å². The molecule has 0 aliphatic rings. The summed E-state index contributed by atoms with van der Waals surface area (Å²) in [5.74, 6) is 0.428. The van der Waals surface area contributed by atoms with Gasteiger partial charge in [0, 0.05) is 29.9 Å². The minimum absolute atomic E-state index is 0.137. The van der Waals surface area contributed by atoms with Crippen LogP contribution in [0.5, 0.6) is 0 Å².